The third-order valence-electron chi connectivity index (χ3n) is 1.66. The average Bonchev–Trinajstić information content (AvgIpc) is 2.19. The molecule has 1 aromatic carbocycles. The van der Waals surface area contributed by atoms with E-state index in [0.29, 0.717) is 0 Å². The van der Waals surface area contributed by atoms with Gasteiger partial charge in [0.05, 0.1) is 17.5 Å². The summed E-state index contributed by atoms with van der Waals surface area (Å²) in [5, 5.41) is 0.297. The van der Waals surface area contributed by atoms with Gasteiger partial charge in [0.25, 0.3) is 0 Å². The van der Waals surface area contributed by atoms with Crippen molar-refractivity contribution in [3.8, 4) is 5.75 Å². The number of hydrogen-bond acceptors (Lipinski definition) is 2. The summed E-state index contributed by atoms with van der Waals surface area (Å²) in [5.41, 5.74) is 0.154. The van der Waals surface area contributed by atoms with Gasteiger partial charge in [-0.05, 0) is 6.07 Å². The Hall–Kier alpha value is -0.610. The lowest BCUT2D eigenvalue weighted by molar-refractivity contribution is 0.102. The van der Waals surface area contributed by atoms with Crippen LogP contribution >= 0.6 is 27.5 Å². The van der Waals surface area contributed by atoms with E-state index in [1.165, 1.54) is 13.2 Å². The minimum atomic E-state index is -0.596. The first kappa shape index (κ1) is 11.5. The van der Waals surface area contributed by atoms with Gasteiger partial charge in [-0.3, -0.25) is 4.79 Å². The minimum Gasteiger partial charge on any atom is -0.494 e. The number of carbonyl (C=O) groups excluding carboxylic acids is 1. The number of rotatable bonds is 3. The molecule has 0 amide bonds. The van der Waals surface area contributed by atoms with Gasteiger partial charge < -0.3 is 4.74 Å². The zero-order chi connectivity index (χ0) is 10.7. The Kier molecular flexibility index (Phi) is 3.89. The number of benzene rings is 1. The number of alkyl halides is 1. The van der Waals surface area contributed by atoms with Crippen LogP contribution in [0.2, 0.25) is 5.02 Å². The number of ketones is 1. The maximum atomic E-state index is 13.2. The van der Waals surface area contributed by atoms with Crippen molar-refractivity contribution in [2.45, 2.75) is 0 Å². The topological polar surface area (TPSA) is 26.3 Å². The van der Waals surface area contributed by atoms with Gasteiger partial charge in [0.2, 0.25) is 0 Å². The van der Waals surface area contributed by atoms with Gasteiger partial charge >= 0.3 is 0 Å². The van der Waals surface area contributed by atoms with Crippen LogP contribution in [0.4, 0.5) is 4.39 Å². The molecule has 0 aliphatic rings. The van der Waals surface area contributed by atoms with Crippen molar-refractivity contribution in [2.24, 2.45) is 0 Å². The van der Waals surface area contributed by atoms with Gasteiger partial charge in [-0.25, -0.2) is 4.39 Å². The molecule has 5 heteroatoms. The molecule has 14 heavy (non-hydrogen) atoms. The molecule has 0 aromatic heterocycles. The molecule has 1 rings (SSSR count). The van der Waals surface area contributed by atoms with E-state index in [1.807, 2.05) is 0 Å². The Bertz CT molecular complexity index is 368. The summed E-state index contributed by atoms with van der Waals surface area (Å²) in [6.07, 6.45) is 0. The van der Waals surface area contributed by atoms with E-state index < -0.39 is 5.82 Å². The van der Waals surface area contributed by atoms with Crippen LogP contribution in [0.25, 0.3) is 0 Å². The highest BCUT2D eigenvalue weighted by atomic mass is 79.9. The van der Waals surface area contributed by atoms with Crippen LogP contribution in [-0.2, 0) is 0 Å². The maximum Gasteiger partial charge on any atom is 0.174 e. The summed E-state index contributed by atoms with van der Waals surface area (Å²) in [6.45, 7) is 0. The quantitative estimate of drug-likeness (QED) is 0.629. The third-order valence-corrected chi connectivity index (χ3v) is 2.49. The number of halogens is 3. The standard InChI is InChI=1S/C9H7BrClFO2/c1-14-9-3-6(11)5(2-7(9)12)8(13)4-10/h2-3H,4H2,1H3. The van der Waals surface area contributed by atoms with Crippen LogP contribution < -0.4 is 4.74 Å². The molecule has 0 bridgehead atoms. The van der Waals surface area contributed by atoms with Gasteiger partial charge in [-0.2, -0.15) is 0 Å². The summed E-state index contributed by atoms with van der Waals surface area (Å²) >= 11 is 8.75. The van der Waals surface area contributed by atoms with E-state index in [9.17, 15) is 9.18 Å². The lowest BCUT2D eigenvalue weighted by Gasteiger charge is -2.05. The Balaban J connectivity index is 3.21. The fourth-order valence-corrected chi connectivity index (χ4v) is 1.53. The molecule has 1 aromatic rings. The van der Waals surface area contributed by atoms with Crippen LogP contribution in [-0.4, -0.2) is 18.2 Å². The predicted molar refractivity (Wildman–Crippen MR) is 56.1 cm³/mol. The summed E-state index contributed by atoms with van der Waals surface area (Å²) in [6, 6.07) is 2.36. The molecule has 0 aliphatic carbocycles. The number of ether oxygens (including phenoxy) is 1. The van der Waals surface area contributed by atoms with Gasteiger partial charge in [0.15, 0.2) is 17.3 Å². The third kappa shape index (κ3) is 2.25. The molecular weight excluding hydrogens is 274 g/mol. The Morgan fingerprint density at radius 1 is 1.64 bits per heavy atom. The normalized spacial score (nSPS) is 10.0. The zero-order valence-corrected chi connectivity index (χ0v) is 9.65. The fourth-order valence-electron chi connectivity index (χ4n) is 0.971. The molecular formula is C9H7BrClFO2. The molecule has 0 radical (unpaired) electrons. The summed E-state index contributed by atoms with van der Waals surface area (Å²) < 4.78 is 17.9. The molecule has 0 spiro atoms. The van der Waals surface area contributed by atoms with Crippen molar-refractivity contribution in [2.75, 3.05) is 12.4 Å². The largest absolute Gasteiger partial charge is 0.494 e. The molecule has 0 aliphatic heterocycles. The van der Waals surface area contributed by atoms with Gasteiger partial charge in [0.1, 0.15) is 0 Å². The SMILES string of the molecule is COc1cc(Cl)c(C(=O)CBr)cc1F. The predicted octanol–water partition coefficient (Wildman–Crippen LogP) is 3.07. The van der Waals surface area contributed by atoms with Crippen LogP contribution in [0, 0.1) is 5.82 Å². The molecule has 0 unspecified atom stereocenters. The van der Waals surface area contributed by atoms with Crippen molar-refractivity contribution >= 4 is 33.3 Å². The minimum absolute atomic E-state index is 0.0288. The maximum absolute atomic E-state index is 13.2. The Labute approximate surface area is 94.1 Å². The van der Waals surface area contributed by atoms with E-state index in [1.54, 1.807) is 0 Å². The summed E-state index contributed by atoms with van der Waals surface area (Å²) in [7, 11) is 1.33. The van der Waals surface area contributed by atoms with E-state index in [0.717, 1.165) is 6.07 Å². The van der Waals surface area contributed by atoms with Crippen LogP contribution in [0.5, 0.6) is 5.75 Å². The molecule has 0 heterocycles. The Morgan fingerprint density at radius 3 is 2.79 bits per heavy atom. The van der Waals surface area contributed by atoms with E-state index >= 15 is 0 Å². The van der Waals surface area contributed by atoms with Crippen LogP contribution in [0.1, 0.15) is 10.4 Å². The number of carbonyl (C=O) groups is 1. The highest BCUT2D eigenvalue weighted by Gasteiger charge is 2.13. The second-order valence-corrected chi connectivity index (χ2v) is 3.49. The van der Waals surface area contributed by atoms with Gasteiger partial charge in [-0.1, -0.05) is 27.5 Å². The first-order valence-corrected chi connectivity index (χ1v) is 5.22. The van der Waals surface area contributed by atoms with Gasteiger partial charge in [-0.15, -0.1) is 0 Å². The second-order valence-electron chi connectivity index (χ2n) is 2.52. The van der Waals surface area contributed by atoms with Gasteiger partial charge in [0, 0.05) is 11.6 Å². The fraction of sp³-hybridized carbons (Fsp3) is 0.222. The van der Waals surface area contributed by atoms with Crippen molar-refractivity contribution in [3.05, 3.63) is 28.5 Å². The first-order chi connectivity index (χ1) is 6.60. The van der Waals surface area contributed by atoms with E-state index in [2.05, 4.69) is 15.9 Å². The van der Waals surface area contributed by atoms with Crippen molar-refractivity contribution in [1.29, 1.82) is 0 Å². The van der Waals surface area contributed by atoms with E-state index in [4.69, 9.17) is 16.3 Å². The molecule has 2 nitrogen and oxygen atoms in total. The first-order valence-electron chi connectivity index (χ1n) is 3.72. The Morgan fingerprint density at radius 2 is 2.29 bits per heavy atom. The van der Waals surface area contributed by atoms with Crippen molar-refractivity contribution < 1.29 is 13.9 Å². The smallest absolute Gasteiger partial charge is 0.174 e. The second kappa shape index (κ2) is 4.75. The van der Waals surface area contributed by atoms with E-state index in [-0.39, 0.29) is 27.4 Å². The molecule has 0 N–H and O–H groups in total. The number of Topliss-reactive ketones (excluding diaryl/α,β-unsaturated/α-hetero) is 1. The molecule has 0 saturated carbocycles. The molecule has 0 fully saturated rings. The lowest BCUT2D eigenvalue weighted by Crippen LogP contribution is -2.02. The number of hydrogen-bond donors (Lipinski definition) is 0. The zero-order valence-electron chi connectivity index (χ0n) is 7.31. The highest BCUT2D eigenvalue weighted by Crippen LogP contribution is 2.26. The molecule has 0 saturated heterocycles. The molecule has 76 valence electrons. The molecule has 0 atom stereocenters. The van der Waals surface area contributed by atoms with Crippen LogP contribution in [0.15, 0.2) is 12.1 Å². The summed E-state index contributed by atoms with van der Waals surface area (Å²) in [4.78, 5) is 11.2. The van der Waals surface area contributed by atoms with Crippen molar-refractivity contribution in [3.63, 3.8) is 0 Å². The van der Waals surface area contributed by atoms with Crippen molar-refractivity contribution in [1.82, 2.24) is 0 Å². The highest BCUT2D eigenvalue weighted by molar-refractivity contribution is 9.09. The summed E-state index contributed by atoms with van der Waals surface area (Å²) in [5.74, 6) is -0.834. The monoisotopic (exact) mass is 280 g/mol. The average molecular weight is 282 g/mol. The number of methoxy groups -OCH3 is 1. The van der Waals surface area contributed by atoms with Crippen LogP contribution in [0.3, 0.4) is 0 Å². The lowest BCUT2D eigenvalue weighted by atomic mass is 10.1.